The molecule has 0 radical (unpaired) electrons. The van der Waals surface area contributed by atoms with Crippen molar-refractivity contribution >= 4 is 5.91 Å². The molecule has 1 aromatic rings. The summed E-state index contributed by atoms with van der Waals surface area (Å²) in [6.07, 6.45) is 7.78. The normalized spacial score (nSPS) is 16.1. The number of furan rings is 1. The molecule has 0 aromatic carbocycles. The first-order valence-electron chi connectivity index (χ1n) is 8.16. The summed E-state index contributed by atoms with van der Waals surface area (Å²) >= 11 is 0. The lowest BCUT2D eigenvalue weighted by Gasteiger charge is -2.32. The maximum absolute atomic E-state index is 12.6. The Hall–Kier alpha value is -1.29. The number of carbonyl (C=O) groups excluding carboxylic acids is 1. The van der Waals surface area contributed by atoms with E-state index in [0.29, 0.717) is 6.42 Å². The van der Waals surface area contributed by atoms with Crippen molar-refractivity contribution in [2.75, 3.05) is 7.11 Å². The van der Waals surface area contributed by atoms with E-state index in [1.165, 1.54) is 19.3 Å². The first-order valence-corrected chi connectivity index (χ1v) is 8.16. The summed E-state index contributed by atoms with van der Waals surface area (Å²) in [5.74, 6) is 1.93. The molecule has 1 fully saturated rings. The molecular formula is C17H27NO3. The van der Waals surface area contributed by atoms with Crippen LogP contribution in [0, 0.1) is 0 Å². The van der Waals surface area contributed by atoms with Gasteiger partial charge in [0.15, 0.2) is 0 Å². The first kappa shape index (κ1) is 16.1. The van der Waals surface area contributed by atoms with E-state index < -0.39 is 0 Å². The van der Waals surface area contributed by atoms with E-state index in [-0.39, 0.29) is 11.9 Å². The fourth-order valence-electron chi connectivity index (χ4n) is 3.16. The van der Waals surface area contributed by atoms with Crippen molar-refractivity contribution < 1.29 is 14.0 Å². The summed E-state index contributed by atoms with van der Waals surface area (Å²) in [7, 11) is 1.60. The Kier molecular flexibility index (Phi) is 5.85. The van der Waals surface area contributed by atoms with E-state index in [4.69, 9.17) is 9.25 Å². The van der Waals surface area contributed by atoms with Crippen LogP contribution in [-0.2, 0) is 28.9 Å². The topological polar surface area (TPSA) is 42.7 Å². The zero-order chi connectivity index (χ0) is 15.2. The van der Waals surface area contributed by atoms with Gasteiger partial charge in [-0.25, -0.2) is 5.06 Å². The lowest BCUT2D eigenvalue weighted by atomic mass is 9.95. The van der Waals surface area contributed by atoms with Crippen LogP contribution in [0.5, 0.6) is 0 Å². The molecule has 0 saturated heterocycles. The molecule has 0 unspecified atom stereocenters. The Labute approximate surface area is 127 Å². The number of hydrogen-bond donors (Lipinski definition) is 0. The molecule has 0 bridgehead atoms. The SMILES string of the molecule is CCc1cc(CC(=O)N(OC)C2CCCCC2)c(CC)o1. The highest BCUT2D eigenvalue weighted by Gasteiger charge is 2.26. The van der Waals surface area contributed by atoms with Crippen molar-refractivity contribution in [1.82, 2.24) is 5.06 Å². The Morgan fingerprint density at radius 2 is 2.00 bits per heavy atom. The zero-order valence-corrected chi connectivity index (χ0v) is 13.5. The van der Waals surface area contributed by atoms with Gasteiger partial charge in [-0.1, -0.05) is 33.1 Å². The molecule has 2 rings (SSSR count). The van der Waals surface area contributed by atoms with Gasteiger partial charge in [0.1, 0.15) is 11.5 Å². The summed E-state index contributed by atoms with van der Waals surface area (Å²) in [5, 5.41) is 1.59. The van der Waals surface area contributed by atoms with Crippen LogP contribution in [-0.4, -0.2) is 24.1 Å². The second-order valence-electron chi connectivity index (χ2n) is 5.74. The van der Waals surface area contributed by atoms with Crippen LogP contribution >= 0.6 is 0 Å². The predicted molar refractivity (Wildman–Crippen MR) is 81.9 cm³/mol. The summed E-state index contributed by atoms with van der Waals surface area (Å²) in [5.41, 5.74) is 1.01. The quantitative estimate of drug-likeness (QED) is 0.752. The molecular weight excluding hydrogens is 266 g/mol. The van der Waals surface area contributed by atoms with Crippen molar-refractivity contribution in [3.63, 3.8) is 0 Å². The molecule has 1 aromatic heterocycles. The molecule has 118 valence electrons. The molecule has 1 heterocycles. The monoisotopic (exact) mass is 293 g/mol. The van der Waals surface area contributed by atoms with Crippen LogP contribution in [0.25, 0.3) is 0 Å². The highest BCUT2D eigenvalue weighted by molar-refractivity contribution is 5.78. The third kappa shape index (κ3) is 3.88. The van der Waals surface area contributed by atoms with Gasteiger partial charge in [-0.15, -0.1) is 0 Å². The molecule has 1 saturated carbocycles. The number of hydroxylamine groups is 2. The standard InChI is InChI=1S/C17H27NO3/c1-4-15-11-13(16(5-2)21-15)12-17(19)18(20-3)14-9-7-6-8-10-14/h11,14H,4-10,12H2,1-3H3. The molecule has 0 aliphatic heterocycles. The highest BCUT2D eigenvalue weighted by atomic mass is 16.7. The minimum absolute atomic E-state index is 0.0440. The Bertz CT molecular complexity index is 461. The van der Waals surface area contributed by atoms with E-state index in [1.54, 1.807) is 12.2 Å². The average Bonchev–Trinajstić information content (AvgIpc) is 2.91. The molecule has 0 spiro atoms. The van der Waals surface area contributed by atoms with Crippen molar-refractivity contribution in [1.29, 1.82) is 0 Å². The smallest absolute Gasteiger partial charge is 0.250 e. The van der Waals surface area contributed by atoms with Gasteiger partial charge in [-0.05, 0) is 18.9 Å². The van der Waals surface area contributed by atoms with Crippen LogP contribution in [0.2, 0.25) is 0 Å². The highest BCUT2D eigenvalue weighted by Crippen LogP contribution is 2.24. The third-order valence-corrected chi connectivity index (χ3v) is 4.31. The van der Waals surface area contributed by atoms with Crippen molar-refractivity contribution in [2.45, 2.75) is 71.3 Å². The minimum atomic E-state index is 0.0440. The Morgan fingerprint density at radius 3 is 2.57 bits per heavy atom. The van der Waals surface area contributed by atoms with Crippen LogP contribution < -0.4 is 0 Å². The van der Waals surface area contributed by atoms with Gasteiger partial charge in [-0.3, -0.25) is 9.63 Å². The van der Waals surface area contributed by atoms with Gasteiger partial charge < -0.3 is 4.42 Å². The van der Waals surface area contributed by atoms with Crippen molar-refractivity contribution in [3.8, 4) is 0 Å². The van der Waals surface area contributed by atoms with Crippen LogP contribution in [0.15, 0.2) is 10.5 Å². The van der Waals surface area contributed by atoms with Gasteiger partial charge in [0.25, 0.3) is 5.91 Å². The van der Waals surface area contributed by atoms with E-state index in [9.17, 15) is 4.79 Å². The van der Waals surface area contributed by atoms with E-state index in [1.807, 2.05) is 6.07 Å². The van der Waals surface area contributed by atoms with Crippen LogP contribution in [0.4, 0.5) is 0 Å². The second kappa shape index (κ2) is 7.64. The predicted octanol–water partition coefficient (Wildman–Crippen LogP) is 3.67. The number of carbonyl (C=O) groups is 1. The molecule has 0 N–H and O–H groups in total. The van der Waals surface area contributed by atoms with Crippen molar-refractivity contribution in [2.24, 2.45) is 0 Å². The average molecular weight is 293 g/mol. The van der Waals surface area contributed by atoms with E-state index in [0.717, 1.165) is 42.8 Å². The molecule has 4 nitrogen and oxygen atoms in total. The summed E-state index contributed by atoms with van der Waals surface area (Å²) in [6, 6.07) is 2.25. The van der Waals surface area contributed by atoms with Gasteiger partial charge in [-0.2, -0.15) is 0 Å². The van der Waals surface area contributed by atoms with E-state index >= 15 is 0 Å². The number of nitrogens with zero attached hydrogens (tertiary/aromatic N) is 1. The fourth-order valence-corrected chi connectivity index (χ4v) is 3.16. The van der Waals surface area contributed by atoms with E-state index in [2.05, 4.69) is 13.8 Å². The van der Waals surface area contributed by atoms with Gasteiger partial charge >= 0.3 is 0 Å². The fraction of sp³-hybridized carbons (Fsp3) is 0.706. The Morgan fingerprint density at radius 1 is 1.29 bits per heavy atom. The van der Waals surface area contributed by atoms with Crippen LogP contribution in [0.3, 0.4) is 0 Å². The second-order valence-corrected chi connectivity index (χ2v) is 5.74. The first-order chi connectivity index (χ1) is 10.2. The largest absolute Gasteiger partial charge is 0.466 e. The molecule has 21 heavy (non-hydrogen) atoms. The Balaban J connectivity index is 2.06. The van der Waals surface area contributed by atoms with Crippen molar-refractivity contribution in [3.05, 3.63) is 23.2 Å². The molecule has 1 amide bonds. The lowest BCUT2D eigenvalue weighted by Crippen LogP contribution is -2.41. The van der Waals surface area contributed by atoms with Crippen LogP contribution in [0.1, 0.15) is 63.0 Å². The summed E-state index contributed by atoms with van der Waals surface area (Å²) in [4.78, 5) is 18.0. The molecule has 4 heteroatoms. The number of rotatable bonds is 6. The van der Waals surface area contributed by atoms with Gasteiger partial charge in [0, 0.05) is 18.4 Å². The maximum atomic E-state index is 12.6. The molecule has 0 atom stereocenters. The number of hydrogen-bond acceptors (Lipinski definition) is 3. The lowest BCUT2D eigenvalue weighted by molar-refractivity contribution is -0.190. The number of amides is 1. The number of aryl methyl sites for hydroxylation is 2. The molecule has 1 aliphatic rings. The summed E-state index contributed by atoms with van der Waals surface area (Å²) in [6.45, 7) is 4.12. The zero-order valence-electron chi connectivity index (χ0n) is 13.5. The molecule has 1 aliphatic carbocycles. The maximum Gasteiger partial charge on any atom is 0.250 e. The van der Waals surface area contributed by atoms with Gasteiger partial charge in [0.05, 0.1) is 19.6 Å². The summed E-state index contributed by atoms with van der Waals surface area (Å²) < 4.78 is 5.76. The van der Waals surface area contributed by atoms with Gasteiger partial charge in [0.2, 0.25) is 0 Å². The third-order valence-electron chi connectivity index (χ3n) is 4.31. The minimum Gasteiger partial charge on any atom is -0.466 e.